The van der Waals surface area contributed by atoms with Gasteiger partial charge in [0.05, 0.1) is 29.4 Å². The summed E-state index contributed by atoms with van der Waals surface area (Å²) in [4.78, 5) is 11.0. The summed E-state index contributed by atoms with van der Waals surface area (Å²) in [5, 5.41) is 22.9. The SMILES string of the molecule is C[C@@H](OC[C@H](O)CNC(C)(C)Cc1ccc(Cl)c(F)c1)c1ccccc1Oc1ccc(C(=O)O)cc1. The van der Waals surface area contributed by atoms with Crippen LogP contribution in [-0.4, -0.2) is 41.0 Å². The quantitative estimate of drug-likeness (QED) is 0.273. The summed E-state index contributed by atoms with van der Waals surface area (Å²) in [6.07, 6.45) is -0.562. The third-order valence-corrected chi connectivity index (χ3v) is 5.98. The molecular formula is C28H31ClFNO5. The van der Waals surface area contributed by atoms with E-state index in [-0.39, 0.29) is 28.8 Å². The van der Waals surface area contributed by atoms with Crippen LogP contribution in [0.1, 0.15) is 48.4 Å². The molecule has 36 heavy (non-hydrogen) atoms. The van der Waals surface area contributed by atoms with Crippen LogP contribution in [0.3, 0.4) is 0 Å². The van der Waals surface area contributed by atoms with E-state index in [4.69, 9.17) is 26.2 Å². The lowest BCUT2D eigenvalue weighted by atomic mass is 9.94. The third-order valence-electron chi connectivity index (χ3n) is 5.67. The van der Waals surface area contributed by atoms with Crippen molar-refractivity contribution in [3.63, 3.8) is 0 Å². The number of β-amino-alcohol motifs (C(OH)–C–C–N with tert-alkyl or cyclic N) is 1. The molecule has 3 aromatic carbocycles. The summed E-state index contributed by atoms with van der Waals surface area (Å²) in [7, 11) is 0. The Morgan fingerprint density at radius 3 is 2.47 bits per heavy atom. The molecule has 3 rings (SSSR count). The van der Waals surface area contributed by atoms with E-state index in [1.54, 1.807) is 30.3 Å². The van der Waals surface area contributed by atoms with Crippen molar-refractivity contribution in [3.05, 3.63) is 94.3 Å². The average Bonchev–Trinajstić information content (AvgIpc) is 2.84. The summed E-state index contributed by atoms with van der Waals surface area (Å²) < 4.78 is 25.6. The van der Waals surface area contributed by atoms with Gasteiger partial charge in [-0.25, -0.2) is 9.18 Å². The lowest BCUT2D eigenvalue weighted by Gasteiger charge is -2.28. The number of carbonyl (C=O) groups is 1. The Hall–Kier alpha value is -2.97. The first-order valence-electron chi connectivity index (χ1n) is 11.6. The predicted molar refractivity (Wildman–Crippen MR) is 137 cm³/mol. The zero-order valence-electron chi connectivity index (χ0n) is 20.5. The Morgan fingerprint density at radius 2 is 1.81 bits per heavy atom. The van der Waals surface area contributed by atoms with Crippen molar-refractivity contribution >= 4 is 17.6 Å². The van der Waals surface area contributed by atoms with Crippen molar-refractivity contribution in [2.45, 2.75) is 44.9 Å². The molecule has 0 aliphatic carbocycles. The summed E-state index contributed by atoms with van der Waals surface area (Å²) in [6.45, 7) is 6.22. The first-order valence-corrected chi connectivity index (χ1v) is 12.0. The van der Waals surface area contributed by atoms with E-state index in [0.717, 1.165) is 11.1 Å². The van der Waals surface area contributed by atoms with Gasteiger partial charge in [0, 0.05) is 17.6 Å². The molecule has 0 saturated heterocycles. The molecule has 0 heterocycles. The van der Waals surface area contributed by atoms with Crippen molar-refractivity contribution in [2.24, 2.45) is 0 Å². The molecule has 0 unspecified atom stereocenters. The fourth-order valence-corrected chi connectivity index (χ4v) is 3.84. The fraction of sp³-hybridized carbons (Fsp3) is 0.321. The van der Waals surface area contributed by atoms with Crippen molar-refractivity contribution < 1.29 is 28.9 Å². The number of aromatic carboxylic acids is 1. The van der Waals surface area contributed by atoms with Gasteiger partial charge in [0.15, 0.2) is 0 Å². The van der Waals surface area contributed by atoms with Gasteiger partial charge >= 0.3 is 5.97 Å². The van der Waals surface area contributed by atoms with Crippen LogP contribution in [0.4, 0.5) is 4.39 Å². The van der Waals surface area contributed by atoms with E-state index in [1.807, 2.05) is 39.0 Å². The van der Waals surface area contributed by atoms with Crippen LogP contribution in [-0.2, 0) is 11.2 Å². The zero-order chi connectivity index (χ0) is 26.3. The van der Waals surface area contributed by atoms with Crippen molar-refractivity contribution in [3.8, 4) is 11.5 Å². The number of halogens is 2. The second kappa shape index (κ2) is 12.3. The smallest absolute Gasteiger partial charge is 0.335 e. The maximum atomic E-state index is 13.7. The largest absolute Gasteiger partial charge is 0.478 e. The van der Waals surface area contributed by atoms with Crippen molar-refractivity contribution in [1.29, 1.82) is 0 Å². The predicted octanol–water partition coefficient (Wildman–Crippen LogP) is 6.02. The molecule has 0 fully saturated rings. The van der Waals surface area contributed by atoms with Crippen molar-refractivity contribution in [1.82, 2.24) is 5.32 Å². The minimum atomic E-state index is -1.00. The Bertz CT molecular complexity index is 1170. The second-order valence-corrected chi connectivity index (χ2v) is 9.70. The Balaban J connectivity index is 1.52. The van der Waals surface area contributed by atoms with Crippen LogP contribution >= 0.6 is 11.6 Å². The summed E-state index contributed by atoms with van der Waals surface area (Å²) in [5.41, 5.74) is 1.40. The van der Waals surface area contributed by atoms with E-state index in [9.17, 15) is 14.3 Å². The topological polar surface area (TPSA) is 88.0 Å². The van der Waals surface area contributed by atoms with Crippen LogP contribution < -0.4 is 10.1 Å². The van der Waals surface area contributed by atoms with Crippen LogP contribution in [0.5, 0.6) is 11.5 Å². The number of hydrogen-bond donors (Lipinski definition) is 3. The summed E-state index contributed by atoms with van der Waals surface area (Å²) in [6, 6.07) is 18.3. The molecule has 0 aromatic heterocycles. The van der Waals surface area contributed by atoms with Gasteiger partial charge in [-0.1, -0.05) is 35.9 Å². The minimum Gasteiger partial charge on any atom is -0.478 e. The first-order chi connectivity index (χ1) is 17.0. The molecule has 0 saturated carbocycles. The van der Waals surface area contributed by atoms with E-state index >= 15 is 0 Å². The lowest BCUT2D eigenvalue weighted by molar-refractivity contribution is -0.00481. The third kappa shape index (κ3) is 8.03. The van der Waals surface area contributed by atoms with E-state index in [2.05, 4.69) is 5.32 Å². The first kappa shape index (κ1) is 27.6. The molecule has 0 aliphatic rings. The Labute approximate surface area is 215 Å². The highest BCUT2D eigenvalue weighted by Gasteiger charge is 2.21. The molecule has 3 aromatic rings. The normalized spacial score (nSPS) is 13.3. The van der Waals surface area contributed by atoms with Gasteiger partial charge < -0.3 is 25.0 Å². The number of benzene rings is 3. The molecule has 6 nitrogen and oxygen atoms in total. The van der Waals surface area contributed by atoms with Crippen LogP contribution in [0, 0.1) is 5.82 Å². The average molecular weight is 516 g/mol. The second-order valence-electron chi connectivity index (χ2n) is 9.29. The maximum Gasteiger partial charge on any atom is 0.335 e. The lowest BCUT2D eigenvalue weighted by Crippen LogP contribution is -2.46. The Kier molecular flexibility index (Phi) is 9.45. The molecule has 0 spiro atoms. The molecule has 0 aliphatic heterocycles. The number of carboxylic acids is 1. The minimum absolute atomic E-state index is 0.0919. The molecular weight excluding hydrogens is 485 g/mol. The van der Waals surface area contributed by atoms with Gasteiger partial charge in [-0.05, 0) is 75.2 Å². The molecule has 2 atom stereocenters. The van der Waals surface area contributed by atoms with Gasteiger partial charge in [0.2, 0.25) is 0 Å². The van der Waals surface area contributed by atoms with Crippen LogP contribution in [0.25, 0.3) is 0 Å². The van der Waals surface area contributed by atoms with Crippen LogP contribution in [0.2, 0.25) is 5.02 Å². The highest BCUT2D eigenvalue weighted by atomic mass is 35.5. The zero-order valence-corrected chi connectivity index (χ0v) is 21.3. The molecule has 3 N–H and O–H groups in total. The van der Waals surface area contributed by atoms with E-state index in [0.29, 0.717) is 24.5 Å². The number of carboxylic acid groups (broad SMARTS) is 1. The molecule has 8 heteroatoms. The van der Waals surface area contributed by atoms with Gasteiger partial charge in [-0.2, -0.15) is 0 Å². The Morgan fingerprint density at radius 1 is 1.11 bits per heavy atom. The number of hydrogen-bond acceptors (Lipinski definition) is 5. The van der Waals surface area contributed by atoms with E-state index in [1.165, 1.54) is 18.2 Å². The number of ether oxygens (including phenoxy) is 2. The highest BCUT2D eigenvalue weighted by Crippen LogP contribution is 2.31. The molecule has 0 bridgehead atoms. The monoisotopic (exact) mass is 515 g/mol. The molecule has 192 valence electrons. The summed E-state index contributed by atoms with van der Waals surface area (Å²) in [5.74, 6) is -0.364. The van der Waals surface area contributed by atoms with Gasteiger partial charge in [-0.3, -0.25) is 0 Å². The standard InChI is InChI=1S/C28H31ClFNO5/c1-18(23-6-4-5-7-26(23)36-22-11-9-20(10-12-22)27(33)34)35-17-21(32)16-31-28(2,3)15-19-8-13-24(29)25(30)14-19/h4-14,18,21,31-32H,15-17H2,1-3H3,(H,33,34)/t18-,21-/m1/s1. The van der Waals surface area contributed by atoms with Gasteiger partial charge in [-0.15, -0.1) is 0 Å². The maximum absolute atomic E-state index is 13.7. The van der Waals surface area contributed by atoms with Crippen LogP contribution in [0.15, 0.2) is 66.7 Å². The number of nitrogens with one attached hydrogen (secondary N) is 1. The number of aliphatic hydroxyl groups is 1. The molecule has 0 radical (unpaired) electrons. The number of rotatable bonds is 12. The van der Waals surface area contributed by atoms with Gasteiger partial charge in [0.1, 0.15) is 17.3 Å². The summed E-state index contributed by atoms with van der Waals surface area (Å²) >= 11 is 5.76. The molecule has 0 amide bonds. The van der Waals surface area contributed by atoms with Crippen molar-refractivity contribution in [2.75, 3.05) is 13.2 Å². The highest BCUT2D eigenvalue weighted by molar-refractivity contribution is 6.30. The fourth-order valence-electron chi connectivity index (χ4n) is 3.72. The van der Waals surface area contributed by atoms with Gasteiger partial charge in [0.25, 0.3) is 0 Å². The number of para-hydroxylation sites is 1. The van der Waals surface area contributed by atoms with E-state index < -0.39 is 17.9 Å². The number of aliphatic hydroxyl groups excluding tert-OH is 1.